The molecule has 1 N–H and O–H groups in total. The van der Waals surface area contributed by atoms with Crippen molar-refractivity contribution in [3.05, 3.63) is 63.4 Å². The molecule has 2 aromatic carbocycles. The number of hydrogen-bond donors (Lipinski definition) is 1. The summed E-state index contributed by atoms with van der Waals surface area (Å²) in [5.74, 6) is -5.00. The van der Waals surface area contributed by atoms with Crippen molar-refractivity contribution in [1.82, 2.24) is 4.98 Å². The minimum absolute atomic E-state index is 0.0112. The number of halogens is 5. The van der Waals surface area contributed by atoms with Gasteiger partial charge in [-0.15, -0.1) is 0 Å². The van der Waals surface area contributed by atoms with Crippen LogP contribution < -0.4 is 19.6 Å². The molecule has 7 nitrogen and oxygen atoms in total. The van der Waals surface area contributed by atoms with Gasteiger partial charge in [0.05, 0.1) is 26.3 Å². The van der Waals surface area contributed by atoms with Gasteiger partial charge in [0.15, 0.2) is 34.1 Å². The lowest BCUT2D eigenvalue weighted by Crippen LogP contribution is -2.46. The first kappa shape index (κ1) is 28.6. The summed E-state index contributed by atoms with van der Waals surface area (Å²) in [5, 5.41) is 0.196. The zero-order valence-corrected chi connectivity index (χ0v) is 21.9. The first-order valence-electron chi connectivity index (χ1n) is 12.0. The summed E-state index contributed by atoms with van der Waals surface area (Å²) in [6.45, 7) is 2.65. The van der Waals surface area contributed by atoms with Crippen molar-refractivity contribution in [2.45, 2.75) is 37.6 Å². The Bertz CT molecular complexity index is 1420. The fourth-order valence-electron chi connectivity index (χ4n) is 5.02. The lowest BCUT2D eigenvalue weighted by molar-refractivity contribution is -0.275. The SMILES string of the molecule is COCCOc1cc2[nH]c([C@H]3O[C@@](C)(C(F)(F)F)[C@@H](C)[C@H]3c3ccc(F)c(F)c3OC)cc(=O)c2cc1OC. The van der Waals surface area contributed by atoms with Crippen LogP contribution in [0.2, 0.25) is 0 Å². The Labute approximate surface area is 220 Å². The van der Waals surface area contributed by atoms with E-state index in [2.05, 4.69) is 4.98 Å². The van der Waals surface area contributed by atoms with Gasteiger partial charge in [-0.2, -0.15) is 17.6 Å². The summed E-state index contributed by atoms with van der Waals surface area (Å²) in [6.07, 6.45) is -6.22. The van der Waals surface area contributed by atoms with Crippen molar-refractivity contribution in [1.29, 1.82) is 0 Å². The minimum Gasteiger partial charge on any atom is -0.493 e. The molecule has 3 aromatic rings. The van der Waals surface area contributed by atoms with Gasteiger partial charge in [0.1, 0.15) is 12.7 Å². The molecule has 4 rings (SSSR count). The van der Waals surface area contributed by atoms with E-state index in [1.807, 2.05) is 0 Å². The monoisotopic (exact) mass is 557 g/mol. The van der Waals surface area contributed by atoms with Crippen LogP contribution in [-0.2, 0) is 9.47 Å². The Hall–Kier alpha value is -3.38. The Morgan fingerprint density at radius 3 is 2.36 bits per heavy atom. The highest BCUT2D eigenvalue weighted by Crippen LogP contribution is 2.59. The van der Waals surface area contributed by atoms with E-state index >= 15 is 0 Å². The number of ether oxygens (including phenoxy) is 5. The topological polar surface area (TPSA) is 79.0 Å². The zero-order chi connectivity index (χ0) is 28.7. The molecule has 0 radical (unpaired) electrons. The Morgan fingerprint density at radius 2 is 1.74 bits per heavy atom. The van der Waals surface area contributed by atoms with Crippen LogP contribution in [0.3, 0.4) is 0 Å². The fraction of sp³-hybridized carbons (Fsp3) is 0.444. The smallest absolute Gasteiger partial charge is 0.417 e. The highest BCUT2D eigenvalue weighted by molar-refractivity contribution is 5.82. The Kier molecular flexibility index (Phi) is 7.82. The Balaban J connectivity index is 1.91. The third-order valence-corrected chi connectivity index (χ3v) is 7.30. The molecule has 0 amide bonds. The third kappa shape index (κ3) is 4.91. The Morgan fingerprint density at radius 1 is 1.03 bits per heavy atom. The highest BCUT2D eigenvalue weighted by Gasteiger charge is 2.65. The van der Waals surface area contributed by atoms with E-state index in [-0.39, 0.29) is 46.9 Å². The van der Waals surface area contributed by atoms with Gasteiger partial charge in [-0.3, -0.25) is 4.79 Å². The predicted octanol–water partition coefficient (Wildman–Crippen LogP) is 5.66. The van der Waals surface area contributed by atoms with Gasteiger partial charge < -0.3 is 28.7 Å². The average Bonchev–Trinajstić information content (AvgIpc) is 3.16. The number of pyridine rings is 1. The van der Waals surface area contributed by atoms with E-state index in [0.29, 0.717) is 0 Å². The van der Waals surface area contributed by atoms with E-state index < -0.39 is 52.5 Å². The molecule has 0 aliphatic carbocycles. The molecule has 1 saturated heterocycles. The number of fused-ring (bicyclic) bond motifs is 1. The molecule has 1 aliphatic heterocycles. The maximum atomic E-state index is 14.7. The van der Waals surface area contributed by atoms with Crippen LogP contribution >= 0.6 is 0 Å². The molecule has 12 heteroatoms. The van der Waals surface area contributed by atoms with E-state index in [4.69, 9.17) is 23.7 Å². The van der Waals surface area contributed by atoms with Crippen molar-refractivity contribution in [3.8, 4) is 17.2 Å². The quantitative estimate of drug-likeness (QED) is 0.285. The molecule has 212 valence electrons. The number of H-pyrrole nitrogens is 1. The lowest BCUT2D eigenvalue weighted by Gasteiger charge is -2.32. The zero-order valence-electron chi connectivity index (χ0n) is 21.9. The molecule has 0 saturated carbocycles. The molecule has 2 heterocycles. The van der Waals surface area contributed by atoms with Crippen LogP contribution in [0.25, 0.3) is 10.9 Å². The standard InChI is InChI=1S/C27H28F5NO6/c1-13-22(14-6-7-16(28)23(29)24(14)37-5)25(39-26(13,2)27(30,31)32)18-11-19(34)15-10-20(36-4)21(12-17(15)33-18)38-9-8-35-3/h6-7,10-13,22,25H,8-9H2,1-5H3,(H,33,34)/t13-,22-,25+,26+/m0/s1. The molecule has 1 fully saturated rings. The highest BCUT2D eigenvalue weighted by atomic mass is 19.4. The average molecular weight is 558 g/mol. The molecule has 0 bridgehead atoms. The van der Waals surface area contributed by atoms with Crippen molar-refractivity contribution >= 4 is 10.9 Å². The van der Waals surface area contributed by atoms with Gasteiger partial charge in [-0.05, 0) is 19.1 Å². The summed E-state index contributed by atoms with van der Waals surface area (Å²) < 4.78 is 98.3. The minimum atomic E-state index is -4.82. The van der Waals surface area contributed by atoms with E-state index in [0.717, 1.165) is 26.2 Å². The number of nitrogens with one attached hydrogen (secondary N) is 1. The summed E-state index contributed by atoms with van der Waals surface area (Å²) in [7, 11) is 4.00. The van der Waals surface area contributed by atoms with Gasteiger partial charge >= 0.3 is 6.18 Å². The number of rotatable bonds is 8. The van der Waals surface area contributed by atoms with Gasteiger partial charge in [0.2, 0.25) is 5.82 Å². The van der Waals surface area contributed by atoms with E-state index in [1.54, 1.807) is 0 Å². The van der Waals surface area contributed by atoms with Crippen LogP contribution in [-0.4, -0.2) is 51.3 Å². The number of aromatic nitrogens is 1. The number of hydrogen-bond acceptors (Lipinski definition) is 6. The van der Waals surface area contributed by atoms with Gasteiger partial charge in [-0.25, -0.2) is 4.39 Å². The molecule has 39 heavy (non-hydrogen) atoms. The van der Waals surface area contributed by atoms with Gasteiger partial charge in [0.25, 0.3) is 0 Å². The maximum Gasteiger partial charge on any atom is 0.417 e. The summed E-state index contributed by atoms with van der Waals surface area (Å²) in [5.41, 5.74) is -2.97. The van der Waals surface area contributed by atoms with E-state index in [1.165, 1.54) is 39.3 Å². The molecule has 1 aliphatic rings. The molecule has 0 spiro atoms. The second-order valence-corrected chi connectivity index (χ2v) is 9.42. The van der Waals surface area contributed by atoms with E-state index in [9.17, 15) is 26.7 Å². The van der Waals surface area contributed by atoms with Crippen molar-refractivity contribution < 1.29 is 45.6 Å². The van der Waals surface area contributed by atoms with Gasteiger partial charge in [0, 0.05) is 47.7 Å². The second-order valence-electron chi connectivity index (χ2n) is 9.42. The summed E-state index contributed by atoms with van der Waals surface area (Å²) >= 11 is 0. The van der Waals surface area contributed by atoms with Crippen molar-refractivity contribution in [2.75, 3.05) is 34.5 Å². The summed E-state index contributed by atoms with van der Waals surface area (Å²) in [4.78, 5) is 16.1. The number of aromatic amines is 1. The van der Waals surface area contributed by atoms with Crippen LogP contribution in [0.5, 0.6) is 17.2 Å². The first-order chi connectivity index (χ1) is 18.4. The number of alkyl halides is 3. The summed E-state index contributed by atoms with van der Waals surface area (Å²) in [6, 6.07) is 6.06. The number of methoxy groups -OCH3 is 3. The van der Waals surface area contributed by atoms with Crippen LogP contribution in [0.4, 0.5) is 22.0 Å². The largest absolute Gasteiger partial charge is 0.493 e. The number of benzene rings is 2. The molecule has 0 unspecified atom stereocenters. The second kappa shape index (κ2) is 10.6. The first-order valence-corrected chi connectivity index (χ1v) is 12.0. The fourth-order valence-corrected chi connectivity index (χ4v) is 5.02. The normalized spacial score (nSPS) is 23.3. The lowest BCUT2D eigenvalue weighted by atomic mass is 9.76. The van der Waals surface area contributed by atoms with Gasteiger partial charge in [-0.1, -0.05) is 13.0 Å². The van der Waals surface area contributed by atoms with Crippen molar-refractivity contribution in [2.24, 2.45) is 5.92 Å². The third-order valence-electron chi connectivity index (χ3n) is 7.30. The van der Waals surface area contributed by atoms with Crippen LogP contribution in [0, 0.1) is 17.6 Å². The molecule has 1 aromatic heterocycles. The molecule has 4 atom stereocenters. The molecular formula is C27H28F5NO6. The van der Waals surface area contributed by atoms with Crippen LogP contribution in [0.15, 0.2) is 35.1 Å². The van der Waals surface area contributed by atoms with Crippen molar-refractivity contribution in [3.63, 3.8) is 0 Å². The molecular weight excluding hydrogens is 529 g/mol. The predicted molar refractivity (Wildman–Crippen MR) is 132 cm³/mol. The maximum absolute atomic E-state index is 14.7. The van der Waals surface area contributed by atoms with Crippen LogP contribution in [0.1, 0.15) is 37.1 Å².